The van der Waals surface area contributed by atoms with Gasteiger partial charge in [0.1, 0.15) is 5.78 Å². The number of ketones is 1. The van der Waals surface area contributed by atoms with Gasteiger partial charge in [-0.25, -0.2) is 0 Å². The molecule has 2 rings (SSSR count). The predicted molar refractivity (Wildman–Crippen MR) is 61.5 cm³/mol. The van der Waals surface area contributed by atoms with Crippen molar-refractivity contribution in [2.45, 2.75) is 63.8 Å². The van der Waals surface area contributed by atoms with Crippen molar-refractivity contribution in [2.24, 2.45) is 17.6 Å². The molecule has 0 aromatic heterocycles. The van der Waals surface area contributed by atoms with Crippen LogP contribution in [0.1, 0.15) is 57.8 Å². The third-order valence-corrected chi connectivity index (χ3v) is 4.19. The third-order valence-electron chi connectivity index (χ3n) is 4.19. The van der Waals surface area contributed by atoms with Gasteiger partial charge in [0.05, 0.1) is 0 Å². The van der Waals surface area contributed by atoms with Crippen molar-refractivity contribution in [1.82, 2.24) is 0 Å². The van der Waals surface area contributed by atoms with Crippen LogP contribution in [0.5, 0.6) is 0 Å². The normalized spacial score (nSPS) is 33.9. The molecule has 2 heteroatoms. The first-order chi connectivity index (χ1) is 7.29. The molecule has 2 saturated carbocycles. The molecule has 0 radical (unpaired) electrons. The smallest absolute Gasteiger partial charge is 0.140 e. The van der Waals surface area contributed by atoms with E-state index in [0.29, 0.717) is 11.7 Å². The Labute approximate surface area is 92.6 Å². The zero-order valence-corrected chi connectivity index (χ0v) is 9.58. The zero-order valence-electron chi connectivity index (χ0n) is 9.58. The lowest BCUT2D eigenvalue weighted by atomic mass is 9.85. The van der Waals surface area contributed by atoms with Crippen LogP contribution >= 0.6 is 0 Å². The molecule has 0 aromatic rings. The van der Waals surface area contributed by atoms with E-state index in [1.54, 1.807) is 0 Å². The molecule has 0 aliphatic heterocycles. The summed E-state index contributed by atoms with van der Waals surface area (Å²) in [5.41, 5.74) is 6.00. The molecular formula is C13H23NO. The highest BCUT2D eigenvalue weighted by atomic mass is 16.1. The highest BCUT2D eigenvalue weighted by Gasteiger charge is 2.34. The van der Waals surface area contributed by atoms with Crippen molar-refractivity contribution in [3.05, 3.63) is 0 Å². The van der Waals surface area contributed by atoms with Gasteiger partial charge < -0.3 is 5.73 Å². The lowest BCUT2D eigenvalue weighted by Gasteiger charge is -2.20. The van der Waals surface area contributed by atoms with Crippen LogP contribution in [-0.2, 0) is 4.79 Å². The van der Waals surface area contributed by atoms with Gasteiger partial charge in [0, 0.05) is 17.9 Å². The summed E-state index contributed by atoms with van der Waals surface area (Å²) < 4.78 is 0. The molecule has 0 spiro atoms. The Balaban J connectivity index is 1.93. The molecule has 2 aliphatic carbocycles. The van der Waals surface area contributed by atoms with Gasteiger partial charge in [-0.05, 0) is 25.7 Å². The average molecular weight is 209 g/mol. The molecule has 2 aliphatic rings. The SMILES string of the molecule is NC1CCCC1C(=O)C1CCCCCC1. The molecule has 2 N–H and O–H groups in total. The molecule has 2 unspecified atom stereocenters. The fourth-order valence-corrected chi connectivity index (χ4v) is 3.21. The summed E-state index contributed by atoms with van der Waals surface area (Å²) in [5, 5.41) is 0. The van der Waals surface area contributed by atoms with Gasteiger partial charge in [-0.3, -0.25) is 4.79 Å². The largest absolute Gasteiger partial charge is 0.327 e. The highest BCUT2D eigenvalue weighted by molar-refractivity contribution is 5.84. The van der Waals surface area contributed by atoms with Gasteiger partial charge in [-0.1, -0.05) is 32.1 Å². The first-order valence-electron chi connectivity index (χ1n) is 6.58. The van der Waals surface area contributed by atoms with E-state index in [0.717, 1.165) is 32.1 Å². The van der Waals surface area contributed by atoms with Gasteiger partial charge in [0.15, 0.2) is 0 Å². The Hall–Kier alpha value is -0.370. The van der Waals surface area contributed by atoms with E-state index in [9.17, 15) is 4.79 Å². The molecule has 0 bridgehead atoms. The Morgan fingerprint density at radius 3 is 2.07 bits per heavy atom. The molecule has 0 saturated heterocycles. The van der Waals surface area contributed by atoms with E-state index in [-0.39, 0.29) is 12.0 Å². The number of nitrogens with two attached hydrogens (primary N) is 1. The first-order valence-corrected chi connectivity index (χ1v) is 6.58. The van der Waals surface area contributed by atoms with Crippen molar-refractivity contribution in [1.29, 1.82) is 0 Å². The fraction of sp³-hybridized carbons (Fsp3) is 0.923. The topological polar surface area (TPSA) is 43.1 Å². The lowest BCUT2D eigenvalue weighted by molar-refractivity contribution is -0.127. The lowest BCUT2D eigenvalue weighted by Crippen LogP contribution is -2.34. The van der Waals surface area contributed by atoms with Crippen molar-refractivity contribution >= 4 is 5.78 Å². The standard InChI is InChI=1S/C13H23NO/c14-12-9-5-8-11(12)13(15)10-6-3-1-2-4-7-10/h10-12H,1-9,14H2. The van der Waals surface area contributed by atoms with Crippen LogP contribution < -0.4 is 5.73 Å². The zero-order chi connectivity index (χ0) is 10.7. The maximum atomic E-state index is 12.3. The van der Waals surface area contributed by atoms with Gasteiger partial charge >= 0.3 is 0 Å². The molecule has 2 nitrogen and oxygen atoms in total. The molecule has 0 amide bonds. The molecule has 86 valence electrons. The van der Waals surface area contributed by atoms with Crippen molar-refractivity contribution in [3.8, 4) is 0 Å². The second-order valence-electron chi connectivity index (χ2n) is 5.29. The highest BCUT2D eigenvalue weighted by Crippen LogP contribution is 2.32. The monoisotopic (exact) mass is 209 g/mol. The van der Waals surface area contributed by atoms with Gasteiger partial charge in [-0.2, -0.15) is 0 Å². The molecule has 2 atom stereocenters. The number of carbonyl (C=O) groups is 1. The Morgan fingerprint density at radius 2 is 1.53 bits per heavy atom. The van der Waals surface area contributed by atoms with Gasteiger partial charge in [0.2, 0.25) is 0 Å². The summed E-state index contributed by atoms with van der Waals surface area (Å²) in [7, 11) is 0. The predicted octanol–water partition coefficient (Wildman–Crippen LogP) is 2.65. The van der Waals surface area contributed by atoms with E-state index in [2.05, 4.69) is 0 Å². The fourth-order valence-electron chi connectivity index (χ4n) is 3.21. The summed E-state index contributed by atoms with van der Waals surface area (Å²) in [6, 6.07) is 0.167. The second-order valence-corrected chi connectivity index (χ2v) is 5.29. The maximum absolute atomic E-state index is 12.3. The molecule has 0 heterocycles. The summed E-state index contributed by atoms with van der Waals surface area (Å²) in [6.45, 7) is 0. The van der Waals surface area contributed by atoms with Crippen LogP contribution in [0.15, 0.2) is 0 Å². The van der Waals surface area contributed by atoms with Gasteiger partial charge in [-0.15, -0.1) is 0 Å². The van der Waals surface area contributed by atoms with E-state index < -0.39 is 0 Å². The second kappa shape index (κ2) is 5.11. The summed E-state index contributed by atoms with van der Waals surface area (Å²) in [5.74, 6) is 1.05. The third kappa shape index (κ3) is 2.60. The number of hydrogen-bond donors (Lipinski definition) is 1. The van der Waals surface area contributed by atoms with E-state index in [1.807, 2.05) is 0 Å². The first kappa shape index (κ1) is 11.1. The number of carbonyl (C=O) groups excluding carboxylic acids is 1. The number of Topliss-reactive ketones (excluding diaryl/α,β-unsaturated/α-hetero) is 1. The van der Waals surface area contributed by atoms with Crippen molar-refractivity contribution in [3.63, 3.8) is 0 Å². The minimum Gasteiger partial charge on any atom is -0.327 e. The van der Waals surface area contributed by atoms with Crippen LogP contribution in [0.3, 0.4) is 0 Å². The van der Waals surface area contributed by atoms with Gasteiger partial charge in [0.25, 0.3) is 0 Å². The van der Waals surface area contributed by atoms with Crippen LogP contribution in [0.25, 0.3) is 0 Å². The number of rotatable bonds is 2. The van der Waals surface area contributed by atoms with Crippen LogP contribution in [-0.4, -0.2) is 11.8 Å². The molecular weight excluding hydrogens is 186 g/mol. The minimum atomic E-state index is 0.167. The summed E-state index contributed by atoms with van der Waals surface area (Å²) >= 11 is 0. The van der Waals surface area contributed by atoms with E-state index >= 15 is 0 Å². The molecule has 15 heavy (non-hydrogen) atoms. The Kier molecular flexibility index (Phi) is 3.79. The summed E-state index contributed by atoms with van der Waals surface area (Å²) in [4.78, 5) is 12.3. The van der Waals surface area contributed by atoms with E-state index in [1.165, 1.54) is 25.7 Å². The van der Waals surface area contributed by atoms with Crippen molar-refractivity contribution < 1.29 is 4.79 Å². The van der Waals surface area contributed by atoms with Crippen molar-refractivity contribution in [2.75, 3.05) is 0 Å². The molecule has 2 fully saturated rings. The average Bonchev–Trinajstić information content (AvgIpc) is 2.53. The number of hydrogen-bond acceptors (Lipinski definition) is 2. The summed E-state index contributed by atoms with van der Waals surface area (Å²) in [6.07, 6.45) is 10.7. The van der Waals surface area contributed by atoms with E-state index in [4.69, 9.17) is 5.73 Å². The minimum absolute atomic E-state index is 0.167. The quantitative estimate of drug-likeness (QED) is 0.710. The Bertz CT molecular complexity index is 219. The maximum Gasteiger partial charge on any atom is 0.140 e. The Morgan fingerprint density at radius 1 is 0.867 bits per heavy atom. The molecule has 0 aromatic carbocycles. The van der Waals surface area contributed by atoms with Crippen LogP contribution in [0.2, 0.25) is 0 Å². The van der Waals surface area contributed by atoms with Crippen LogP contribution in [0.4, 0.5) is 0 Å². The van der Waals surface area contributed by atoms with Crippen LogP contribution in [0, 0.1) is 11.8 Å².